The average Bonchev–Trinajstić information content (AvgIpc) is 1.41. The minimum atomic E-state index is 1.44. The highest BCUT2D eigenvalue weighted by molar-refractivity contribution is 4.68. The molecule has 2 nitrogen and oxygen atoms in total. The van der Waals surface area contributed by atoms with Crippen molar-refractivity contribution < 1.29 is 0 Å². The third-order valence-electron chi connectivity index (χ3n) is 0.263. The SMILES string of the molecule is CN/C=C\N. The van der Waals surface area contributed by atoms with Crippen LogP contribution in [0.1, 0.15) is 0 Å². The molecule has 30 valence electrons. The average molecular weight is 72.1 g/mol. The first-order valence-electron chi connectivity index (χ1n) is 1.46. The summed E-state index contributed by atoms with van der Waals surface area (Å²) in [6, 6.07) is 0. The molecule has 0 saturated heterocycles. The van der Waals surface area contributed by atoms with E-state index >= 15 is 0 Å². The molecule has 0 aromatic rings. The molecule has 0 fully saturated rings. The molecule has 3 N–H and O–H groups in total. The van der Waals surface area contributed by atoms with Crippen LogP contribution in [0.25, 0.3) is 0 Å². The summed E-state index contributed by atoms with van der Waals surface area (Å²) in [5.74, 6) is 0. The Labute approximate surface area is 31.7 Å². The largest absolute Gasteiger partial charge is 0.403 e. The zero-order chi connectivity index (χ0) is 4.12. The quantitative estimate of drug-likeness (QED) is 0.443. The van der Waals surface area contributed by atoms with Crippen molar-refractivity contribution in [1.29, 1.82) is 0 Å². The second-order valence-electron chi connectivity index (χ2n) is 0.648. The van der Waals surface area contributed by atoms with Gasteiger partial charge in [-0.15, -0.1) is 0 Å². The van der Waals surface area contributed by atoms with Crippen LogP contribution in [0.5, 0.6) is 0 Å². The summed E-state index contributed by atoms with van der Waals surface area (Å²) in [5, 5.41) is 2.71. The van der Waals surface area contributed by atoms with Gasteiger partial charge in [0.1, 0.15) is 0 Å². The van der Waals surface area contributed by atoms with Gasteiger partial charge in [0.15, 0.2) is 0 Å². The Balaban J connectivity index is 2.62. The van der Waals surface area contributed by atoms with Crippen LogP contribution in [0.2, 0.25) is 0 Å². The van der Waals surface area contributed by atoms with Crippen molar-refractivity contribution in [1.82, 2.24) is 5.32 Å². The highest BCUT2D eigenvalue weighted by Gasteiger charge is 1.45. The molecule has 0 rings (SSSR count). The summed E-state index contributed by atoms with van der Waals surface area (Å²) in [6.07, 6.45) is 3.10. The lowest BCUT2D eigenvalue weighted by Gasteiger charge is -1.75. The summed E-state index contributed by atoms with van der Waals surface area (Å²) < 4.78 is 0. The molecule has 0 saturated carbocycles. The molecule has 0 spiro atoms. The lowest BCUT2D eigenvalue weighted by Crippen LogP contribution is -1.93. The summed E-state index contributed by atoms with van der Waals surface area (Å²) in [4.78, 5) is 0. The molecule has 0 aliphatic heterocycles. The van der Waals surface area contributed by atoms with E-state index in [1.165, 1.54) is 6.20 Å². The van der Waals surface area contributed by atoms with Crippen LogP contribution in [0.4, 0.5) is 0 Å². The summed E-state index contributed by atoms with van der Waals surface area (Å²) >= 11 is 0. The molecule has 0 aromatic carbocycles. The van der Waals surface area contributed by atoms with Crippen LogP contribution < -0.4 is 11.1 Å². The Morgan fingerprint density at radius 1 is 1.80 bits per heavy atom. The third kappa shape index (κ3) is 3.34. The van der Waals surface area contributed by atoms with Crippen LogP contribution in [0.3, 0.4) is 0 Å². The number of hydrogen-bond donors (Lipinski definition) is 2. The maximum atomic E-state index is 4.90. The molecule has 0 heterocycles. The van der Waals surface area contributed by atoms with E-state index in [2.05, 4.69) is 5.32 Å². The maximum Gasteiger partial charge on any atom is 0.0119 e. The summed E-state index contributed by atoms with van der Waals surface area (Å²) in [7, 11) is 1.80. The Kier molecular flexibility index (Phi) is 2.90. The predicted octanol–water partition coefficient (Wildman–Crippen LogP) is -0.364. The Morgan fingerprint density at radius 3 is 2.40 bits per heavy atom. The normalized spacial score (nSPS) is 9.00. The van der Waals surface area contributed by atoms with Gasteiger partial charge in [-0.25, -0.2) is 0 Å². The van der Waals surface area contributed by atoms with Crippen LogP contribution in [0.15, 0.2) is 12.4 Å². The zero-order valence-electron chi connectivity index (χ0n) is 3.23. The zero-order valence-corrected chi connectivity index (χ0v) is 3.23. The lowest BCUT2D eigenvalue weighted by atomic mass is 10.9. The fourth-order valence-electron chi connectivity index (χ4n) is 0.0962. The molecule has 0 aliphatic rings. The van der Waals surface area contributed by atoms with E-state index in [0.717, 1.165) is 0 Å². The minimum absolute atomic E-state index is 1.44. The number of hydrogen-bond acceptors (Lipinski definition) is 2. The van der Waals surface area contributed by atoms with Crippen molar-refractivity contribution in [2.45, 2.75) is 0 Å². The number of nitrogens with one attached hydrogen (secondary N) is 1. The Hall–Kier alpha value is -0.660. The van der Waals surface area contributed by atoms with Gasteiger partial charge in [0.2, 0.25) is 0 Å². The van der Waals surface area contributed by atoms with Crippen LogP contribution in [-0.4, -0.2) is 7.05 Å². The smallest absolute Gasteiger partial charge is 0.0119 e. The Bertz CT molecular complexity index is 31.9. The Morgan fingerprint density at radius 2 is 2.40 bits per heavy atom. The standard InChI is InChI=1S/C3H8N2/c1-5-3-2-4/h2-3,5H,4H2,1H3/b3-2-. The van der Waals surface area contributed by atoms with Crippen LogP contribution >= 0.6 is 0 Å². The molecular formula is C3H8N2. The van der Waals surface area contributed by atoms with E-state index in [0.29, 0.717) is 0 Å². The highest BCUT2D eigenvalue weighted by atomic mass is 14.8. The van der Waals surface area contributed by atoms with Crippen LogP contribution in [0, 0.1) is 0 Å². The monoisotopic (exact) mass is 72.1 g/mol. The van der Waals surface area contributed by atoms with Crippen molar-refractivity contribution in [3.05, 3.63) is 12.4 Å². The van der Waals surface area contributed by atoms with Crippen molar-refractivity contribution >= 4 is 0 Å². The molecule has 0 bridgehead atoms. The van der Waals surface area contributed by atoms with Gasteiger partial charge in [0.05, 0.1) is 0 Å². The number of nitrogens with two attached hydrogens (primary N) is 1. The molecule has 0 aromatic heterocycles. The summed E-state index contributed by atoms with van der Waals surface area (Å²) in [5.41, 5.74) is 4.90. The molecule has 0 atom stereocenters. The van der Waals surface area contributed by atoms with Crippen molar-refractivity contribution in [2.75, 3.05) is 7.05 Å². The first kappa shape index (κ1) is 4.34. The molecule has 0 aliphatic carbocycles. The maximum absolute atomic E-state index is 4.90. The summed E-state index contributed by atoms with van der Waals surface area (Å²) in [6.45, 7) is 0. The molecule has 5 heavy (non-hydrogen) atoms. The van der Waals surface area contributed by atoms with E-state index in [1.807, 2.05) is 0 Å². The highest BCUT2D eigenvalue weighted by Crippen LogP contribution is 1.41. The van der Waals surface area contributed by atoms with Gasteiger partial charge >= 0.3 is 0 Å². The minimum Gasteiger partial charge on any atom is -0.403 e. The van der Waals surface area contributed by atoms with Crippen LogP contribution in [-0.2, 0) is 0 Å². The predicted molar refractivity (Wildman–Crippen MR) is 22.4 cm³/mol. The van der Waals surface area contributed by atoms with Gasteiger partial charge in [-0.3, -0.25) is 0 Å². The van der Waals surface area contributed by atoms with E-state index in [1.54, 1.807) is 13.2 Å². The van der Waals surface area contributed by atoms with Gasteiger partial charge in [0.25, 0.3) is 0 Å². The molecule has 0 unspecified atom stereocenters. The lowest BCUT2D eigenvalue weighted by molar-refractivity contribution is 1.09. The second-order valence-corrected chi connectivity index (χ2v) is 0.648. The van der Waals surface area contributed by atoms with E-state index in [4.69, 9.17) is 5.73 Å². The molecule has 2 heteroatoms. The molecule has 0 amide bonds. The van der Waals surface area contributed by atoms with Crippen molar-refractivity contribution in [3.8, 4) is 0 Å². The fourth-order valence-corrected chi connectivity index (χ4v) is 0.0962. The van der Waals surface area contributed by atoms with Gasteiger partial charge in [-0.2, -0.15) is 0 Å². The van der Waals surface area contributed by atoms with Crippen molar-refractivity contribution in [3.63, 3.8) is 0 Å². The van der Waals surface area contributed by atoms with Crippen molar-refractivity contribution in [2.24, 2.45) is 5.73 Å². The topological polar surface area (TPSA) is 38.0 Å². The van der Waals surface area contributed by atoms with Gasteiger partial charge in [0, 0.05) is 19.4 Å². The van der Waals surface area contributed by atoms with E-state index in [9.17, 15) is 0 Å². The first-order valence-corrected chi connectivity index (χ1v) is 1.46. The number of rotatable bonds is 1. The van der Waals surface area contributed by atoms with E-state index < -0.39 is 0 Å². The third-order valence-corrected chi connectivity index (χ3v) is 0.263. The van der Waals surface area contributed by atoms with Gasteiger partial charge in [-0.1, -0.05) is 0 Å². The first-order chi connectivity index (χ1) is 2.41. The van der Waals surface area contributed by atoms with Gasteiger partial charge < -0.3 is 11.1 Å². The van der Waals surface area contributed by atoms with Gasteiger partial charge in [-0.05, 0) is 0 Å². The second kappa shape index (κ2) is 3.34. The molecule has 0 radical (unpaired) electrons. The fraction of sp³-hybridized carbons (Fsp3) is 0.333. The van der Waals surface area contributed by atoms with E-state index in [-0.39, 0.29) is 0 Å². The molecular weight excluding hydrogens is 64.0 g/mol.